The van der Waals surface area contributed by atoms with Crippen LogP contribution in [0.1, 0.15) is 71.3 Å². The number of rotatable bonds is 2. The number of hydrogen-bond donors (Lipinski definition) is 0. The molecular weight excluding hydrogens is 432 g/mol. The van der Waals surface area contributed by atoms with E-state index in [0.29, 0.717) is 23.5 Å². The molecule has 6 atom stereocenters. The van der Waals surface area contributed by atoms with Crippen LogP contribution in [0.3, 0.4) is 0 Å². The van der Waals surface area contributed by atoms with E-state index in [1.54, 1.807) is 0 Å². The molecule has 35 heavy (non-hydrogen) atoms. The quantitative estimate of drug-likeness (QED) is 0.264. The van der Waals surface area contributed by atoms with Gasteiger partial charge in [-0.3, -0.25) is 9.59 Å². The van der Waals surface area contributed by atoms with E-state index in [1.165, 1.54) is 23.3 Å². The topological polar surface area (TPSA) is 43.4 Å². The number of benzene rings is 2. The van der Waals surface area contributed by atoms with Gasteiger partial charge in [0.2, 0.25) is 0 Å². The minimum atomic E-state index is -0.236. The number of Topliss-reactive ketones (excluding diaryl/α,β-unsaturated/α-hetero) is 1. The van der Waals surface area contributed by atoms with Gasteiger partial charge in [-0.15, -0.1) is 0 Å². The molecule has 2 aromatic carbocycles. The van der Waals surface area contributed by atoms with E-state index < -0.39 is 0 Å². The number of carbonyl (C=O) groups excluding carboxylic acids is 2. The smallest absolute Gasteiger partial charge is 0.302 e. The minimum absolute atomic E-state index is 0.0294. The Morgan fingerprint density at radius 1 is 0.971 bits per heavy atom. The molecule has 3 saturated carbocycles. The van der Waals surface area contributed by atoms with Crippen molar-refractivity contribution in [3.05, 3.63) is 65.3 Å². The minimum Gasteiger partial charge on any atom is -0.462 e. The molecule has 2 aromatic rings. The maximum Gasteiger partial charge on any atom is 0.302 e. The summed E-state index contributed by atoms with van der Waals surface area (Å²) in [5.41, 5.74) is 3.59. The average molecular weight is 469 g/mol. The first-order chi connectivity index (χ1) is 16.8. The molecule has 6 rings (SSSR count). The van der Waals surface area contributed by atoms with E-state index >= 15 is 0 Å². The van der Waals surface area contributed by atoms with E-state index in [9.17, 15) is 9.59 Å². The van der Waals surface area contributed by atoms with E-state index in [0.717, 1.165) is 56.1 Å². The van der Waals surface area contributed by atoms with Crippen LogP contribution in [-0.4, -0.2) is 17.9 Å². The average Bonchev–Trinajstić information content (AvgIpc) is 3.09. The normalized spacial score (nSPS) is 37.4. The largest absolute Gasteiger partial charge is 0.462 e. The Bertz CT molecular complexity index is 1270. The van der Waals surface area contributed by atoms with Gasteiger partial charge in [-0.2, -0.15) is 0 Å². The molecule has 3 nitrogen and oxygen atoms in total. The molecule has 4 aliphatic carbocycles. The second-order valence-electron chi connectivity index (χ2n) is 12.0. The molecule has 0 N–H and O–H groups in total. The standard InChI is InChI=1S/C32H36O3/c1-20(33)35-26-12-14-31(2)25(19-26)10-11-27-28(31)13-15-32(3)29(27)18-24(30(32)34)17-21-8-9-22-6-4-5-7-23(22)16-21/h4-10,16-17,26-29H,11-15,18-19H2,1-3H3/b24-17+/t26-,27-,28+,29+,31-,32+/m0/s1. The molecule has 0 spiro atoms. The van der Waals surface area contributed by atoms with Crippen LogP contribution in [0, 0.1) is 28.6 Å². The molecule has 0 bridgehead atoms. The summed E-state index contributed by atoms with van der Waals surface area (Å²) in [5.74, 6) is 1.80. The predicted octanol–water partition coefficient (Wildman–Crippen LogP) is 7.30. The first-order valence-corrected chi connectivity index (χ1v) is 13.4. The number of fused-ring (bicyclic) bond motifs is 6. The zero-order valence-corrected chi connectivity index (χ0v) is 21.2. The zero-order valence-electron chi connectivity index (χ0n) is 21.2. The van der Waals surface area contributed by atoms with Crippen LogP contribution >= 0.6 is 0 Å². The molecule has 0 unspecified atom stereocenters. The summed E-state index contributed by atoms with van der Waals surface area (Å²) in [6.45, 7) is 6.21. The summed E-state index contributed by atoms with van der Waals surface area (Å²) in [5, 5.41) is 2.45. The molecule has 182 valence electrons. The third-order valence-electron chi connectivity index (χ3n) is 10.1. The summed E-state index contributed by atoms with van der Waals surface area (Å²) in [6.07, 6.45) is 11.6. The van der Waals surface area contributed by atoms with Crippen LogP contribution in [0.25, 0.3) is 16.8 Å². The Morgan fingerprint density at radius 3 is 2.54 bits per heavy atom. The second kappa shape index (κ2) is 8.18. The molecule has 0 saturated heterocycles. The molecular formula is C32H36O3. The first-order valence-electron chi connectivity index (χ1n) is 13.4. The highest BCUT2D eigenvalue weighted by Gasteiger charge is 2.60. The summed E-state index contributed by atoms with van der Waals surface area (Å²) < 4.78 is 5.59. The highest BCUT2D eigenvalue weighted by atomic mass is 16.5. The molecule has 4 aliphatic rings. The van der Waals surface area contributed by atoms with Gasteiger partial charge in [0, 0.05) is 18.8 Å². The summed E-state index contributed by atoms with van der Waals surface area (Å²) >= 11 is 0. The molecule has 0 aromatic heterocycles. The second-order valence-corrected chi connectivity index (χ2v) is 12.0. The van der Waals surface area contributed by atoms with Crippen LogP contribution in [0.15, 0.2) is 59.7 Å². The van der Waals surface area contributed by atoms with E-state index in [4.69, 9.17) is 4.74 Å². The molecule has 3 fully saturated rings. The van der Waals surface area contributed by atoms with Crippen molar-refractivity contribution in [2.24, 2.45) is 28.6 Å². The van der Waals surface area contributed by atoms with Gasteiger partial charge in [-0.05, 0) is 95.7 Å². The number of esters is 1. The lowest BCUT2D eigenvalue weighted by Crippen LogP contribution is -2.50. The van der Waals surface area contributed by atoms with Crippen LogP contribution in [0.4, 0.5) is 0 Å². The number of allylic oxidation sites excluding steroid dienone is 2. The van der Waals surface area contributed by atoms with Crippen LogP contribution < -0.4 is 0 Å². The number of hydrogen-bond acceptors (Lipinski definition) is 3. The van der Waals surface area contributed by atoms with Crippen molar-refractivity contribution < 1.29 is 14.3 Å². The van der Waals surface area contributed by atoms with Gasteiger partial charge in [0.15, 0.2) is 5.78 Å². The monoisotopic (exact) mass is 468 g/mol. The third kappa shape index (κ3) is 3.61. The lowest BCUT2D eigenvalue weighted by Gasteiger charge is -2.56. The van der Waals surface area contributed by atoms with Gasteiger partial charge in [0.05, 0.1) is 0 Å². The summed E-state index contributed by atoms with van der Waals surface area (Å²) in [7, 11) is 0. The van der Waals surface area contributed by atoms with Crippen molar-refractivity contribution >= 4 is 28.6 Å². The molecule has 0 aliphatic heterocycles. The maximum absolute atomic E-state index is 13.8. The zero-order chi connectivity index (χ0) is 24.4. The van der Waals surface area contributed by atoms with Crippen LogP contribution in [-0.2, 0) is 14.3 Å². The van der Waals surface area contributed by atoms with Crippen molar-refractivity contribution in [2.75, 3.05) is 0 Å². The fourth-order valence-corrected chi connectivity index (χ4v) is 8.26. The van der Waals surface area contributed by atoms with E-state index in [2.05, 4.69) is 68.5 Å². The Balaban J connectivity index is 1.29. The van der Waals surface area contributed by atoms with Gasteiger partial charge in [0.25, 0.3) is 0 Å². The Kier molecular flexibility index (Phi) is 5.32. The van der Waals surface area contributed by atoms with Crippen molar-refractivity contribution in [1.29, 1.82) is 0 Å². The van der Waals surface area contributed by atoms with Crippen molar-refractivity contribution in [2.45, 2.75) is 71.8 Å². The summed E-state index contributed by atoms with van der Waals surface area (Å²) in [4.78, 5) is 25.3. The van der Waals surface area contributed by atoms with E-state index in [-0.39, 0.29) is 22.9 Å². The Morgan fingerprint density at radius 2 is 1.74 bits per heavy atom. The lowest BCUT2D eigenvalue weighted by molar-refractivity contribution is -0.148. The van der Waals surface area contributed by atoms with Crippen LogP contribution in [0.2, 0.25) is 0 Å². The summed E-state index contributed by atoms with van der Waals surface area (Å²) in [6, 6.07) is 14.9. The van der Waals surface area contributed by atoms with Crippen molar-refractivity contribution in [1.82, 2.24) is 0 Å². The highest BCUT2D eigenvalue weighted by Crippen LogP contribution is 2.64. The van der Waals surface area contributed by atoms with Crippen LogP contribution in [0.5, 0.6) is 0 Å². The third-order valence-corrected chi connectivity index (χ3v) is 10.1. The molecule has 0 radical (unpaired) electrons. The molecule has 0 heterocycles. The molecule has 3 heteroatoms. The van der Waals surface area contributed by atoms with Gasteiger partial charge in [-0.1, -0.05) is 61.9 Å². The fourth-order valence-electron chi connectivity index (χ4n) is 8.26. The predicted molar refractivity (Wildman–Crippen MR) is 140 cm³/mol. The number of carbonyl (C=O) groups is 2. The van der Waals surface area contributed by atoms with Crippen molar-refractivity contribution in [3.8, 4) is 0 Å². The van der Waals surface area contributed by atoms with Gasteiger partial charge < -0.3 is 4.74 Å². The highest BCUT2D eigenvalue weighted by molar-refractivity contribution is 6.06. The number of ketones is 1. The van der Waals surface area contributed by atoms with Gasteiger partial charge >= 0.3 is 5.97 Å². The van der Waals surface area contributed by atoms with Gasteiger partial charge in [0.1, 0.15) is 6.10 Å². The fraction of sp³-hybridized carbons (Fsp3) is 0.500. The molecule has 0 amide bonds. The maximum atomic E-state index is 13.8. The van der Waals surface area contributed by atoms with E-state index in [1.807, 2.05) is 0 Å². The Labute approximate surface area is 208 Å². The Hall–Kier alpha value is -2.68. The lowest BCUT2D eigenvalue weighted by atomic mass is 9.48. The first kappa shape index (κ1) is 22.8. The van der Waals surface area contributed by atoms with Crippen molar-refractivity contribution in [3.63, 3.8) is 0 Å². The SMILES string of the molecule is CC(=O)O[C@H]1CC[C@@]2(C)C(=CC[C@@H]3[C@H]4C/C(=C\c5ccc6ccccc6c5)C(=O)[C@]4(C)CC[C@H]32)C1. The number of ether oxygens (including phenoxy) is 1. The van der Waals surface area contributed by atoms with Gasteiger partial charge in [-0.25, -0.2) is 0 Å².